The van der Waals surface area contributed by atoms with Crippen molar-refractivity contribution in [3.05, 3.63) is 33.7 Å². The molecule has 7 heteroatoms. The molecule has 0 spiro atoms. The van der Waals surface area contributed by atoms with Crippen LogP contribution < -0.4 is 10.9 Å². The fraction of sp³-hybridized carbons (Fsp3) is 0.562. The SMILES string of the molecule is CC(C)CCC(C)NC(=O)CSCc1cc(=O)n2ccsc2n1. The number of aromatic nitrogens is 2. The molecule has 1 amide bonds. The lowest BCUT2D eigenvalue weighted by atomic mass is 10.0. The molecule has 2 rings (SSSR count). The summed E-state index contributed by atoms with van der Waals surface area (Å²) in [6, 6.07) is 1.74. The van der Waals surface area contributed by atoms with Gasteiger partial charge >= 0.3 is 0 Å². The van der Waals surface area contributed by atoms with Crippen molar-refractivity contribution in [2.24, 2.45) is 5.92 Å². The van der Waals surface area contributed by atoms with E-state index < -0.39 is 0 Å². The van der Waals surface area contributed by atoms with Gasteiger partial charge in [0.2, 0.25) is 5.91 Å². The molecule has 1 unspecified atom stereocenters. The third-order valence-corrected chi connectivity index (χ3v) is 5.15. The van der Waals surface area contributed by atoms with Gasteiger partial charge in [0.25, 0.3) is 5.56 Å². The van der Waals surface area contributed by atoms with E-state index in [1.165, 1.54) is 33.6 Å². The molecule has 0 aromatic carbocycles. The number of carbonyl (C=O) groups is 1. The number of thiazole rings is 1. The van der Waals surface area contributed by atoms with Crippen molar-refractivity contribution in [1.82, 2.24) is 14.7 Å². The Kier molecular flexibility index (Phi) is 6.65. The van der Waals surface area contributed by atoms with Crippen LogP contribution in [0.1, 0.15) is 39.3 Å². The second-order valence-corrected chi connectivity index (χ2v) is 7.93. The second-order valence-electron chi connectivity index (χ2n) is 6.07. The maximum absolute atomic E-state index is 11.9. The van der Waals surface area contributed by atoms with Gasteiger partial charge in [0, 0.05) is 29.4 Å². The lowest BCUT2D eigenvalue weighted by Gasteiger charge is -2.14. The number of hydrogen-bond acceptors (Lipinski definition) is 5. The van der Waals surface area contributed by atoms with Gasteiger partial charge in [-0.25, -0.2) is 4.98 Å². The molecule has 0 fully saturated rings. The molecule has 0 radical (unpaired) electrons. The Balaban J connectivity index is 1.77. The molecule has 1 atom stereocenters. The third kappa shape index (κ3) is 5.66. The Hall–Kier alpha value is -1.34. The zero-order valence-corrected chi connectivity index (χ0v) is 15.4. The molecule has 2 aromatic rings. The molecule has 0 aliphatic heterocycles. The minimum atomic E-state index is -0.0707. The first kappa shape index (κ1) is 18.0. The highest BCUT2D eigenvalue weighted by molar-refractivity contribution is 7.99. The van der Waals surface area contributed by atoms with Crippen molar-refractivity contribution in [2.75, 3.05) is 5.75 Å². The summed E-state index contributed by atoms with van der Waals surface area (Å²) in [5.41, 5.74) is 0.654. The van der Waals surface area contributed by atoms with Crippen LogP contribution in [0.3, 0.4) is 0 Å². The van der Waals surface area contributed by atoms with E-state index in [9.17, 15) is 9.59 Å². The Bertz CT molecular complexity index is 709. The van der Waals surface area contributed by atoms with Gasteiger partial charge in [-0.05, 0) is 25.7 Å². The number of fused-ring (bicyclic) bond motifs is 1. The predicted octanol–water partition coefficient (Wildman–Crippen LogP) is 2.93. The number of nitrogens with zero attached hydrogens (tertiary/aromatic N) is 2. The van der Waals surface area contributed by atoms with Crippen molar-refractivity contribution in [1.29, 1.82) is 0 Å². The van der Waals surface area contributed by atoms with E-state index in [0.29, 0.717) is 22.4 Å². The summed E-state index contributed by atoms with van der Waals surface area (Å²) in [5, 5.41) is 4.85. The van der Waals surface area contributed by atoms with E-state index in [1.807, 2.05) is 12.3 Å². The number of thioether (sulfide) groups is 1. The maximum Gasteiger partial charge on any atom is 0.258 e. The van der Waals surface area contributed by atoms with Crippen LogP contribution in [0.2, 0.25) is 0 Å². The van der Waals surface area contributed by atoms with E-state index in [-0.39, 0.29) is 17.5 Å². The summed E-state index contributed by atoms with van der Waals surface area (Å²) in [6.07, 6.45) is 3.84. The quantitative estimate of drug-likeness (QED) is 0.792. The Labute approximate surface area is 144 Å². The summed E-state index contributed by atoms with van der Waals surface area (Å²) in [5.74, 6) is 1.65. The molecule has 23 heavy (non-hydrogen) atoms. The average molecular weight is 354 g/mol. The van der Waals surface area contributed by atoms with Crippen molar-refractivity contribution in [2.45, 2.75) is 45.4 Å². The smallest absolute Gasteiger partial charge is 0.258 e. The maximum atomic E-state index is 11.9. The number of hydrogen-bond donors (Lipinski definition) is 1. The monoisotopic (exact) mass is 353 g/mol. The van der Waals surface area contributed by atoms with Crippen LogP contribution in [-0.4, -0.2) is 27.1 Å². The molecule has 0 saturated carbocycles. The fourth-order valence-corrected chi connectivity index (χ4v) is 3.65. The van der Waals surface area contributed by atoms with Crippen LogP contribution in [0.4, 0.5) is 0 Å². The normalized spacial score (nSPS) is 12.7. The van der Waals surface area contributed by atoms with Crippen LogP contribution >= 0.6 is 23.1 Å². The largest absolute Gasteiger partial charge is 0.353 e. The van der Waals surface area contributed by atoms with Crippen LogP contribution in [0.5, 0.6) is 0 Å². The molecule has 2 heterocycles. The van der Waals surface area contributed by atoms with Gasteiger partial charge in [0.1, 0.15) is 0 Å². The van der Waals surface area contributed by atoms with Crippen molar-refractivity contribution >= 4 is 34.0 Å². The molecule has 5 nitrogen and oxygen atoms in total. The van der Waals surface area contributed by atoms with Gasteiger partial charge in [-0.15, -0.1) is 23.1 Å². The summed E-state index contributed by atoms with van der Waals surface area (Å²) in [4.78, 5) is 28.9. The molecule has 1 N–H and O–H groups in total. The number of carbonyl (C=O) groups excluding carboxylic acids is 1. The minimum absolute atomic E-state index is 0.0418. The highest BCUT2D eigenvalue weighted by Crippen LogP contribution is 2.12. The second kappa shape index (κ2) is 8.49. The molecule has 126 valence electrons. The van der Waals surface area contributed by atoms with E-state index in [1.54, 1.807) is 6.20 Å². The third-order valence-electron chi connectivity index (χ3n) is 3.42. The van der Waals surface area contributed by atoms with Crippen LogP contribution in [0.15, 0.2) is 22.4 Å². The lowest BCUT2D eigenvalue weighted by Crippen LogP contribution is -2.34. The lowest BCUT2D eigenvalue weighted by molar-refractivity contribution is -0.119. The molecule has 2 aromatic heterocycles. The van der Waals surface area contributed by atoms with Crippen molar-refractivity contribution in [3.63, 3.8) is 0 Å². The Morgan fingerprint density at radius 3 is 2.91 bits per heavy atom. The predicted molar refractivity (Wildman–Crippen MR) is 97.2 cm³/mol. The summed E-state index contributed by atoms with van der Waals surface area (Å²) < 4.78 is 1.53. The molecule has 0 aliphatic carbocycles. The summed E-state index contributed by atoms with van der Waals surface area (Å²) >= 11 is 2.92. The fourth-order valence-electron chi connectivity index (χ4n) is 2.18. The highest BCUT2D eigenvalue weighted by Gasteiger charge is 2.09. The molecular formula is C16H23N3O2S2. The van der Waals surface area contributed by atoms with Crippen LogP contribution in [0.25, 0.3) is 4.96 Å². The van der Waals surface area contributed by atoms with E-state index in [2.05, 4.69) is 24.1 Å². The van der Waals surface area contributed by atoms with Gasteiger partial charge in [0.15, 0.2) is 4.96 Å². The van der Waals surface area contributed by atoms with Gasteiger partial charge in [-0.1, -0.05) is 13.8 Å². The number of nitrogens with one attached hydrogen (secondary N) is 1. The minimum Gasteiger partial charge on any atom is -0.353 e. The van der Waals surface area contributed by atoms with Crippen molar-refractivity contribution in [3.8, 4) is 0 Å². The van der Waals surface area contributed by atoms with E-state index in [4.69, 9.17) is 0 Å². The first-order valence-corrected chi connectivity index (χ1v) is 9.82. The highest BCUT2D eigenvalue weighted by atomic mass is 32.2. The first-order chi connectivity index (χ1) is 11.0. The molecule has 0 aliphatic rings. The molecule has 0 bridgehead atoms. The zero-order valence-electron chi connectivity index (χ0n) is 13.7. The summed E-state index contributed by atoms with van der Waals surface area (Å²) in [7, 11) is 0. The average Bonchev–Trinajstić information content (AvgIpc) is 2.94. The zero-order chi connectivity index (χ0) is 16.8. The van der Waals surface area contributed by atoms with Gasteiger partial charge in [-0.3, -0.25) is 14.0 Å². The van der Waals surface area contributed by atoms with Crippen LogP contribution in [-0.2, 0) is 10.5 Å². The Morgan fingerprint density at radius 2 is 2.17 bits per heavy atom. The van der Waals surface area contributed by atoms with Gasteiger partial charge in [0.05, 0.1) is 11.4 Å². The van der Waals surface area contributed by atoms with E-state index in [0.717, 1.165) is 18.5 Å². The molecular weight excluding hydrogens is 330 g/mol. The van der Waals surface area contributed by atoms with Crippen LogP contribution in [0, 0.1) is 5.92 Å². The van der Waals surface area contributed by atoms with Gasteiger partial charge in [-0.2, -0.15) is 0 Å². The number of amides is 1. The summed E-state index contributed by atoms with van der Waals surface area (Å²) in [6.45, 7) is 6.41. The first-order valence-electron chi connectivity index (χ1n) is 7.78. The van der Waals surface area contributed by atoms with Crippen molar-refractivity contribution < 1.29 is 4.79 Å². The molecule has 0 saturated heterocycles. The Morgan fingerprint density at radius 1 is 1.39 bits per heavy atom. The topological polar surface area (TPSA) is 63.5 Å². The van der Waals surface area contributed by atoms with E-state index >= 15 is 0 Å². The van der Waals surface area contributed by atoms with Gasteiger partial charge < -0.3 is 5.32 Å². The standard InChI is InChI=1S/C16H23N3O2S2/c1-11(2)4-5-12(3)17-14(20)10-22-9-13-8-15(21)19-6-7-23-16(19)18-13/h6-8,11-12H,4-5,9-10H2,1-3H3,(H,17,20). The number of rotatable bonds is 8.